The first kappa shape index (κ1) is 13.5. The van der Waals surface area contributed by atoms with Crippen molar-refractivity contribution >= 4 is 16.9 Å². The third kappa shape index (κ3) is 3.32. The van der Waals surface area contributed by atoms with E-state index in [1.54, 1.807) is 14.0 Å². The number of oxazole rings is 1. The van der Waals surface area contributed by atoms with Gasteiger partial charge in [-0.2, -0.15) is 0 Å². The van der Waals surface area contributed by atoms with Crippen molar-refractivity contribution < 1.29 is 9.21 Å². The molecule has 2 rings (SSSR count). The van der Waals surface area contributed by atoms with Crippen molar-refractivity contribution in [3.05, 3.63) is 34.3 Å². The molecule has 1 aromatic heterocycles. The number of Topliss-reactive ketones (excluding diaryl/α,β-unsaturated/α-hetero) is 1. The van der Waals surface area contributed by atoms with Gasteiger partial charge in [0.05, 0.1) is 5.52 Å². The zero-order chi connectivity index (χ0) is 13.8. The first-order chi connectivity index (χ1) is 9.08. The van der Waals surface area contributed by atoms with Crippen LogP contribution in [0.4, 0.5) is 0 Å². The summed E-state index contributed by atoms with van der Waals surface area (Å²) >= 11 is 0. The fourth-order valence-electron chi connectivity index (χ4n) is 1.96. The summed E-state index contributed by atoms with van der Waals surface area (Å²) < 4.78 is 6.63. The Morgan fingerprint density at radius 1 is 1.37 bits per heavy atom. The molecule has 5 heteroatoms. The number of hydrogen-bond donors (Lipinski definition) is 1. The number of rotatable bonds is 6. The molecule has 1 aromatic carbocycles. The van der Waals surface area contributed by atoms with Crippen LogP contribution in [0.25, 0.3) is 11.1 Å². The Labute approximate surface area is 111 Å². The Morgan fingerprint density at radius 2 is 2.16 bits per heavy atom. The average Bonchev–Trinajstić information content (AvgIpc) is 2.64. The topological polar surface area (TPSA) is 64.2 Å². The lowest BCUT2D eigenvalue weighted by Crippen LogP contribution is -2.20. The van der Waals surface area contributed by atoms with Crippen LogP contribution in [0.15, 0.2) is 27.4 Å². The number of hydrogen-bond acceptors (Lipinski definition) is 4. The van der Waals surface area contributed by atoms with Crippen LogP contribution >= 0.6 is 0 Å². The second-order valence-corrected chi connectivity index (χ2v) is 4.68. The van der Waals surface area contributed by atoms with E-state index in [9.17, 15) is 9.59 Å². The van der Waals surface area contributed by atoms with E-state index >= 15 is 0 Å². The summed E-state index contributed by atoms with van der Waals surface area (Å²) in [6, 6.07) is 5.78. The van der Waals surface area contributed by atoms with E-state index in [0.29, 0.717) is 18.5 Å². The van der Waals surface area contributed by atoms with Crippen molar-refractivity contribution in [3.63, 3.8) is 0 Å². The van der Waals surface area contributed by atoms with Crippen LogP contribution in [0.3, 0.4) is 0 Å². The summed E-state index contributed by atoms with van der Waals surface area (Å²) in [7, 11) is 1.69. The SMILES string of the molecule is CC(=O)CCNCCc1ccc2c(c1)oc(=O)n2C. The van der Waals surface area contributed by atoms with Crippen molar-refractivity contribution in [2.45, 2.75) is 19.8 Å². The molecule has 0 aliphatic rings. The van der Waals surface area contributed by atoms with Gasteiger partial charge in [-0.15, -0.1) is 0 Å². The molecule has 1 N–H and O–H groups in total. The van der Waals surface area contributed by atoms with E-state index in [4.69, 9.17) is 4.42 Å². The van der Waals surface area contributed by atoms with Crippen LogP contribution in [0.1, 0.15) is 18.9 Å². The Balaban J connectivity index is 1.94. The van der Waals surface area contributed by atoms with E-state index in [2.05, 4.69) is 5.32 Å². The molecule has 0 fully saturated rings. The van der Waals surface area contributed by atoms with E-state index in [1.807, 2.05) is 18.2 Å². The monoisotopic (exact) mass is 262 g/mol. The Morgan fingerprint density at radius 3 is 2.89 bits per heavy atom. The highest BCUT2D eigenvalue weighted by Gasteiger charge is 2.06. The zero-order valence-electron chi connectivity index (χ0n) is 11.2. The maximum Gasteiger partial charge on any atom is 0.419 e. The lowest BCUT2D eigenvalue weighted by Gasteiger charge is -2.03. The first-order valence-electron chi connectivity index (χ1n) is 6.36. The second-order valence-electron chi connectivity index (χ2n) is 4.68. The minimum Gasteiger partial charge on any atom is -0.408 e. The van der Waals surface area contributed by atoms with Crippen LogP contribution in [0, 0.1) is 0 Å². The third-order valence-corrected chi connectivity index (χ3v) is 3.10. The standard InChI is InChI=1S/C14H18N2O3/c1-10(17)5-7-15-8-6-11-3-4-12-13(9-11)19-14(18)16(12)2/h3-4,9,15H,5-8H2,1-2H3. The van der Waals surface area contributed by atoms with Gasteiger partial charge in [-0.25, -0.2) is 4.79 Å². The molecule has 0 bridgehead atoms. The van der Waals surface area contributed by atoms with Gasteiger partial charge in [-0.3, -0.25) is 9.36 Å². The van der Waals surface area contributed by atoms with Gasteiger partial charge in [-0.05, 0) is 37.6 Å². The molecular weight excluding hydrogens is 244 g/mol. The van der Waals surface area contributed by atoms with Gasteiger partial charge in [0, 0.05) is 20.0 Å². The fourth-order valence-corrected chi connectivity index (χ4v) is 1.96. The van der Waals surface area contributed by atoms with Gasteiger partial charge < -0.3 is 9.73 Å². The minimum absolute atomic E-state index is 0.194. The van der Waals surface area contributed by atoms with Crippen molar-refractivity contribution in [1.29, 1.82) is 0 Å². The largest absolute Gasteiger partial charge is 0.419 e. The number of benzene rings is 1. The molecule has 1 heterocycles. The lowest BCUT2D eigenvalue weighted by atomic mass is 10.1. The fraction of sp³-hybridized carbons (Fsp3) is 0.429. The number of ketones is 1. The molecule has 0 atom stereocenters. The Hall–Kier alpha value is -1.88. The summed E-state index contributed by atoms with van der Waals surface area (Å²) in [5, 5.41) is 3.21. The van der Waals surface area contributed by atoms with Crippen LogP contribution in [0.5, 0.6) is 0 Å². The zero-order valence-corrected chi connectivity index (χ0v) is 11.2. The number of nitrogens with zero attached hydrogens (tertiary/aromatic N) is 1. The van der Waals surface area contributed by atoms with Crippen molar-refractivity contribution in [3.8, 4) is 0 Å². The Bertz CT molecular complexity index is 640. The molecule has 19 heavy (non-hydrogen) atoms. The molecule has 0 spiro atoms. The molecular formula is C14H18N2O3. The van der Waals surface area contributed by atoms with Crippen LogP contribution in [-0.2, 0) is 18.3 Å². The molecule has 0 radical (unpaired) electrons. The van der Waals surface area contributed by atoms with E-state index in [1.165, 1.54) is 4.57 Å². The molecule has 0 amide bonds. The maximum absolute atomic E-state index is 11.4. The number of fused-ring (bicyclic) bond motifs is 1. The second kappa shape index (κ2) is 5.84. The van der Waals surface area contributed by atoms with Crippen LogP contribution < -0.4 is 11.1 Å². The number of aromatic nitrogens is 1. The van der Waals surface area contributed by atoms with Gasteiger partial charge in [0.1, 0.15) is 5.78 Å². The molecule has 102 valence electrons. The van der Waals surface area contributed by atoms with Crippen LogP contribution in [0.2, 0.25) is 0 Å². The molecule has 0 saturated heterocycles. The molecule has 0 aliphatic heterocycles. The highest BCUT2D eigenvalue weighted by atomic mass is 16.4. The lowest BCUT2D eigenvalue weighted by molar-refractivity contribution is -0.116. The normalized spacial score (nSPS) is 11.1. The summed E-state index contributed by atoms with van der Waals surface area (Å²) in [5.74, 6) is -0.147. The summed E-state index contributed by atoms with van der Waals surface area (Å²) in [4.78, 5) is 22.1. The third-order valence-electron chi connectivity index (χ3n) is 3.10. The smallest absolute Gasteiger partial charge is 0.408 e. The molecule has 0 aliphatic carbocycles. The van der Waals surface area contributed by atoms with Gasteiger partial charge in [0.25, 0.3) is 0 Å². The number of nitrogens with one attached hydrogen (secondary N) is 1. The number of aryl methyl sites for hydroxylation is 1. The van der Waals surface area contributed by atoms with Gasteiger partial charge in [0.15, 0.2) is 5.58 Å². The Kier molecular flexibility index (Phi) is 4.16. The molecule has 5 nitrogen and oxygen atoms in total. The average molecular weight is 262 g/mol. The number of carbonyl (C=O) groups excluding carboxylic acids is 1. The predicted molar refractivity (Wildman–Crippen MR) is 73.3 cm³/mol. The first-order valence-corrected chi connectivity index (χ1v) is 6.36. The summed E-state index contributed by atoms with van der Waals surface area (Å²) in [6.45, 7) is 3.10. The molecule has 0 saturated carbocycles. The van der Waals surface area contributed by atoms with E-state index < -0.39 is 0 Å². The minimum atomic E-state index is -0.341. The summed E-state index contributed by atoms with van der Waals surface area (Å²) in [5.41, 5.74) is 2.53. The molecule has 2 aromatic rings. The number of carbonyl (C=O) groups is 1. The quantitative estimate of drug-likeness (QED) is 0.796. The van der Waals surface area contributed by atoms with Crippen molar-refractivity contribution in [1.82, 2.24) is 9.88 Å². The van der Waals surface area contributed by atoms with E-state index in [-0.39, 0.29) is 11.5 Å². The van der Waals surface area contributed by atoms with Gasteiger partial charge >= 0.3 is 5.76 Å². The van der Waals surface area contributed by atoms with Gasteiger partial charge in [0.2, 0.25) is 0 Å². The summed E-state index contributed by atoms with van der Waals surface area (Å²) in [6.07, 6.45) is 1.40. The maximum atomic E-state index is 11.4. The van der Waals surface area contributed by atoms with Gasteiger partial charge in [-0.1, -0.05) is 6.07 Å². The molecule has 0 unspecified atom stereocenters. The highest BCUT2D eigenvalue weighted by molar-refractivity contribution is 5.75. The highest BCUT2D eigenvalue weighted by Crippen LogP contribution is 2.14. The van der Waals surface area contributed by atoms with E-state index in [0.717, 1.165) is 24.0 Å². The van der Waals surface area contributed by atoms with Crippen LogP contribution in [-0.4, -0.2) is 23.4 Å². The predicted octanol–water partition coefficient (Wildman–Crippen LogP) is 1.24. The van der Waals surface area contributed by atoms with Crippen molar-refractivity contribution in [2.75, 3.05) is 13.1 Å². The van der Waals surface area contributed by atoms with Crippen molar-refractivity contribution in [2.24, 2.45) is 7.05 Å².